The van der Waals surface area contributed by atoms with Crippen LogP contribution in [0.2, 0.25) is 0 Å². The molecule has 0 radical (unpaired) electrons. The topological polar surface area (TPSA) is 67.8 Å². The Morgan fingerprint density at radius 3 is 2.80 bits per heavy atom. The summed E-state index contributed by atoms with van der Waals surface area (Å²) in [5.74, 6) is 0.572. The number of nitrogens with zero attached hydrogens (tertiary/aromatic N) is 1. The molecule has 58 valence electrons. The first-order chi connectivity index (χ1) is 4.33. The van der Waals surface area contributed by atoms with Gasteiger partial charge in [0.2, 0.25) is 5.89 Å². The zero-order chi connectivity index (χ0) is 6.69. The molecule has 10 heavy (non-hydrogen) atoms. The molecular formula is C4H8ClN3OS. The van der Waals surface area contributed by atoms with Gasteiger partial charge in [-0.2, -0.15) is 0 Å². The molecule has 0 saturated heterocycles. The fraction of sp³-hybridized carbons (Fsp3) is 0.500. The first kappa shape index (κ1) is 9.61. The second kappa shape index (κ2) is 4.43. The Bertz CT molecular complexity index is 232. The second-order valence-electron chi connectivity index (χ2n) is 1.55. The van der Waals surface area contributed by atoms with E-state index in [9.17, 15) is 0 Å². The molecule has 6 heteroatoms. The third-order valence-corrected chi connectivity index (χ3v) is 1.02. The molecule has 0 fully saturated rings. The molecule has 1 aromatic heterocycles. The molecule has 4 nitrogen and oxygen atoms in total. The van der Waals surface area contributed by atoms with Gasteiger partial charge in [-0.25, -0.2) is 5.10 Å². The van der Waals surface area contributed by atoms with E-state index in [1.54, 1.807) is 0 Å². The molecule has 0 aromatic carbocycles. The van der Waals surface area contributed by atoms with Gasteiger partial charge in [-0.05, 0) is 12.2 Å². The van der Waals surface area contributed by atoms with E-state index in [4.69, 9.17) is 10.2 Å². The Hall–Kier alpha value is -0.390. The summed E-state index contributed by atoms with van der Waals surface area (Å²) in [6, 6.07) is 0. The van der Waals surface area contributed by atoms with Crippen LogP contribution in [0.1, 0.15) is 5.89 Å². The zero-order valence-corrected chi connectivity index (χ0v) is 6.80. The smallest absolute Gasteiger partial charge is 0.284 e. The number of nitrogens with two attached hydrogens (primary N) is 1. The van der Waals surface area contributed by atoms with Crippen molar-refractivity contribution < 1.29 is 4.42 Å². The lowest BCUT2D eigenvalue weighted by Gasteiger charge is -1.83. The average Bonchev–Trinajstić information content (AvgIpc) is 2.17. The molecule has 0 saturated carbocycles. The lowest BCUT2D eigenvalue weighted by atomic mass is 10.4. The van der Waals surface area contributed by atoms with E-state index >= 15 is 0 Å². The van der Waals surface area contributed by atoms with Crippen molar-refractivity contribution in [1.82, 2.24) is 10.2 Å². The van der Waals surface area contributed by atoms with E-state index in [-0.39, 0.29) is 12.4 Å². The van der Waals surface area contributed by atoms with Crippen molar-refractivity contribution in [2.24, 2.45) is 5.73 Å². The Kier molecular flexibility index (Phi) is 4.26. The third kappa shape index (κ3) is 2.47. The Morgan fingerprint density at radius 1 is 1.70 bits per heavy atom. The highest BCUT2D eigenvalue weighted by molar-refractivity contribution is 7.71. The van der Waals surface area contributed by atoms with Crippen LogP contribution in [0.3, 0.4) is 0 Å². The number of nitrogens with one attached hydrogen (secondary N) is 1. The van der Waals surface area contributed by atoms with E-state index < -0.39 is 0 Å². The molecule has 1 aromatic rings. The van der Waals surface area contributed by atoms with Crippen LogP contribution in [0.5, 0.6) is 0 Å². The highest BCUT2D eigenvalue weighted by Crippen LogP contribution is 1.92. The standard InChI is InChI=1S/C4H7N3OS.ClH/c5-2-1-3-6-7-4(9)8-3;/h1-2,5H2,(H,7,9);1H. The van der Waals surface area contributed by atoms with Crippen LogP contribution in [-0.4, -0.2) is 16.7 Å². The summed E-state index contributed by atoms with van der Waals surface area (Å²) >= 11 is 4.62. The number of rotatable bonds is 2. The van der Waals surface area contributed by atoms with Crippen molar-refractivity contribution in [3.8, 4) is 0 Å². The summed E-state index contributed by atoms with van der Waals surface area (Å²) in [7, 11) is 0. The van der Waals surface area contributed by atoms with Gasteiger partial charge in [0.05, 0.1) is 0 Å². The number of aromatic nitrogens is 2. The summed E-state index contributed by atoms with van der Waals surface area (Å²) in [5.41, 5.74) is 5.22. The van der Waals surface area contributed by atoms with Crippen LogP contribution in [0.15, 0.2) is 4.42 Å². The molecule has 0 aliphatic heterocycles. The van der Waals surface area contributed by atoms with E-state index in [1.165, 1.54) is 0 Å². The van der Waals surface area contributed by atoms with Crippen LogP contribution in [0, 0.1) is 4.84 Å². The van der Waals surface area contributed by atoms with E-state index in [0.29, 0.717) is 23.7 Å². The first-order valence-electron chi connectivity index (χ1n) is 2.57. The number of aromatic amines is 1. The van der Waals surface area contributed by atoms with Gasteiger partial charge in [-0.3, -0.25) is 0 Å². The van der Waals surface area contributed by atoms with Crippen molar-refractivity contribution in [2.45, 2.75) is 6.42 Å². The van der Waals surface area contributed by atoms with Crippen LogP contribution in [-0.2, 0) is 6.42 Å². The van der Waals surface area contributed by atoms with Gasteiger partial charge in [0, 0.05) is 13.0 Å². The summed E-state index contributed by atoms with van der Waals surface area (Å²) in [6.45, 7) is 0.531. The summed E-state index contributed by atoms with van der Waals surface area (Å²) in [6.07, 6.45) is 0.632. The highest BCUT2D eigenvalue weighted by Gasteiger charge is 1.94. The summed E-state index contributed by atoms with van der Waals surface area (Å²) in [4.78, 5) is 0.304. The zero-order valence-electron chi connectivity index (χ0n) is 5.16. The Morgan fingerprint density at radius 2 is 2.40 bits per heavy atom. The fourth-order valence-electron chi connectivity index (χ4n) is 0.491. The van der Waals surface area contributed by atoms with E-state index in [0.717, 1.165) is 0 Å². The maximum atomic E-state index is 5.22. The molecule has 0 spiro atoms. The average molecular weight is 182 g/mol. The molecule has 3 N–H and O–H groups in total. The second-order valence-corrected chi connectivity index (χ2v) is 1.92. The van der Waals surface area contributed by atoms with Crippen molar-refractivity contribution in [3.63, 3.8) is 0 Å². The van der Waals surface area contributed by atoms with Gasteiger partial charge in [-0.1, -0.05) is 0 Å². The Labute approximate surface area is 69.2 Å². The first-order valence-corrected chi connectivity index (χ1v) is 2.98. The molecule has 0 unspecified atom stereocenters. The van der Waals surface area contributed by atoms with Crippen LogP contribution in [0.4, 0.5) is 0 Å². The van der Waals surface area contributed by atoms with Crippen molar-refractivity contribution in [2.75, 3.05) is 6.54 Å². The molecular weight excluding hydrogens is 174 g/mol. The molecule has 1 rings (SSSR count). The van der Waals surface area contributed by atoms with Crippen LogP contribution in [0.25, 0.3) is 0 Å². The van der Waals surface area contributed by atoms with Crippen molar-refractivity contribution in [1.29, 1.82) is 0 Å². The lowest BCUT2D eigenvalue weighted by Crippen LogP contribution is -2.02. The number of H-pyrrole nitrogens is 1. The minimum atomic E-state index is 0. The van der Waals surface area contributed by atoms with Gasteiger partial charge in [-0.15, -0.1) is 17.5 Å². The van der Waals surface area contributed by atoms with Gasteiger partial charge in [0.25, 0.3) is 4.84 Å². The largest absolute Gasteiger partial charge is 0.414 e. The number of hydrogen-bond acceptors (Lipinski definition) is 4. The van der Waals surface area contributed by atoms with Gasteiger partial charge < -0.3 is 10.2 Å². The maximum absolute atomic E-state index is 5.22. The minimum Gasteiger partial charge on any atom is -0.414 e. The molecule has 0 aliphatic rings. The minimum absolute atomic E-state index is 0. The maximum Gasteiger partial charge on any atom is 0.284 e. The Balaban J connectivity index is 0.000000810. The van der Waals surface area contributed by atoms with Crippen molar-refractivity contribution >= 4 is 24.6 Å². The normalized spacial score (nSPS) is 8.90. The third-order valence-electron chi connectivity index (χ3n) is 0.841. The number of hydrogen-bond donors (Lipinski definition) is 2. The molecule has 0 bridgehead atoms. The predicted octanol–water partition coefficient (Wildman–Crippen LogP) is 0.655. The summed E-state index contributed by atoms with van der Waals surface area (Å²) in [5, 5.41) is 6.23. The van der Waals surface area contributed by atoms with E-state index in [1.807, 2.05) is 0 Å². The van der Waals surface area contributed by atoms with Crippen LogP contribution >= 0.6 is 24.6 Å². The fourth-order valence-corrected chi connectivity index (χ4v) is 0.633. The monoisotopic (exact) mass is 181 g/mol. The van der Waals surface area contributed by atoms with Gasteiger partial charge in [0.15, 0.2) is 0 Å². The van der Waals surface area contributed by atoms with Gasteiger partial charge >= 0.3 is 0 Å². The molecule has 1 heterocycles. The predicted molar refractivity (Wildman–Crippen MR) is 41.7 cm³/mol. The molecule has 0 aliphatic carbocycles. The van der Waals surface area contributed by atoms with Crippen LogP contribution < -0.4 is 5.73 Å². The highest BCUT2D eigenvalue weighted by atomic mass is 35.5. The van der Waals surface area contributed by atoms with Gasteiger partial charge in [0.1, 0.15) is 0 Å². The number of halogens is 1. The van der Waals surface area contributed by atoms with E-state index in [2.05, 4.69) is 22.4 Å². The van der Waals surface area contributed by atoms with Crippen molar-refractivity contribution in [3.05, 3.63) is 10.7 Å². The summed E-state index contributed by atoms with van der Waals surface area (Å²) < 4.78 is 4.89. The lowest BCUT2D eigenvalue weighted by molar-refractivity contribution is 0.482. The molecule has 0 amide bonds. The molecule has 0 atom stereocenters. The SMILES string of the molecule is Cl.NCCc1n[nH]c(=S)o1. The quantitative estimate of drug-likeness (QED) is 0.658.